The number of halogens is 3. The van der Waals surface area contributed by atoms with Gasteiger partial charge in [-0.1, -0.05) is 48.3 Å². The summed E-state index contributed by atoms with van der Waals surface area (Å²) in [5, 5.41) is 9.88. The Bertz CT molecular complexity index is 1170. The maximum Gasteiger partial charge on any atom is 0.245 e. The average molecular weight is 609 g/mol. The number of hydrogen-bond donors (Lipinski definition) is 3. The molecule has 0 aromatic heterocycles. The maximum atomic E-state index is 14.0. The van der Waals surface area contributed by atoms with E-state index in [4.69, 9.17) is 23.2 Å². The van der Waals surface area contributed by atoms with Crippen LogP contribution in [0.3, 0.4) is 0 Å². The lowest BCUT2D eigenvalue weighted by atomic mass is 9.77. The Hall–Kier alpha value is -2.46. The molecule has 1 aliphatic carbocycles. The SMILES string of the molecule is CCC1CN(CCC2(C(=O)NC)C=CC(Cl)=C(Cl)C2)CCN1C(=O)C(Cc1ccc(F)cc1)NC(=O)C1CCCN1. The van der Waals surface area contributed by atoms with Gasteiger partial charge in [-0.3, -0.25) is 19.3 Å². The van der Waals surface area contributed by atoms with Crippen molar-refractivity contribution >= 4 is 40.9 Å². The second kappa shape index (κ2) is 14.1. The Labute approximate surface area is 251 Å². The van der Waals surface area contributed by atoms with Gasteiger partial charge < -0.3 is 20.9 Å². The van der Waals surface area contributed by atoms with Crippen molar-refractivity contribution in [3.8, 4) is 0 Å². The van der Waals surface area contributed by atoms with Crippen LogP contribution in [0.15, 0.2) is 46.5 Å². The molecule has 4 atom stereocenters. The van der Waals surface area contributed by atoms with Crippen molar-refractivity contribution in [2.75, 3.05) is 39.8 Å². The Morgan fingerprint density at radius 3 is 2.59 bits per heavy atom. The molecule has 1 aromatic rings. The van der Waals surface area contributed by atoms with E-state index in [1.54, 1.807) is 25.3 Å². The molecule has 41 heavy (non-hydrogen) atoms. The fourth-order valence-corrected chi connectivity index (χ4v) is 6.42. The number of hydrogen-bond acceptors (Lipinski definition) is 5. The number of benzene rings is 1. The van der Waals surface area contributed by atoms with Crippen LogP contribution in [-0.4, -0.2) is 85.4 Å². The Morgan fingerprint density at radius 1 is 1.20 bits per heavy atom. The summed E-state index contributed by atoms with van der Waals surface area (Å²) in [4.78, 5) is 44.0. The lowest BCUT2D eigenvalue weighted by Crippen LogP contribution is -2.61. The third-order valence-electron chi connectivity index (χ3n) is 8.50. The average Bonchev–Trinajstić information content (AvgIpc) is 3.53. The van der Waals surface area contributed by atoms with Gasteiger partial charge in [-0.05, 0) is 62.5 Å². The molecule has 4 unspecified atom stereocenters. The topological polar surface area (TPSA) is 93.8 Å². The maximum absolute atomic E-state index is 14.0. The van der Waals surface area contributed by atoms with Gasteiger partial charge in [-0.25, -0.2) is 4.39 Å². The predicted molar refractivity (Wildman–Crippen MR) is 159 cm³/mol. The molecule has 0 bridgehead atoms. The minimum atomic E-state index is -0.780. The number of amides is 3. The number of allylic oxidation sites excluding steroid dienone is 3. The molecule has 4 rings (SSSR count). The zero-order chi connectivity index (χ0) is 29.6. The van der Waals surface area contributed by atoms with Gasteiger partial charge >= 0.3 is 0 Å². The molecule has 2 heterocycles. The first-order valence-corrected chi connectivity index (χ1v) is 15.2. The summed E-state index contributed by atoms with van der Waals surface area (Å²) in [6.45, 7) is 5.28. The molecule has 0 spiro atoms. The van der Waals surface area contributed by atoms with Gasteiger partial charge in [-0.15, -0.1) is 0 Å². The Kier molecular flexibility index (Phi) is 10.9. The molecule has 0 saturated carbocycles. The number of carbonyl (C=O) groups is 3. The van der Waals surface area contributed by atoms with Crippen LogP contribution in [0.25, 0.3) is 0 Å². The van der Waals surface area contributed by atoms with E-state index in [0.29, 0.717) is 49.1 Å². The number of nitrogens with zero attached hydrogens (tertiary/aromatic N) is 2. The van der Waals surface area contributed by atoms with E-state index in [1.165, 1.54) is 12.1 Å². The van der Waals surface area contributed by atoms with Gasteiger partial charge in [0.15, 0.2) is 0 Å². The van der Waals surface area contributed by atoms with Gasteiger partial charge in [0, 0.05) is 50.6 Å². The zero-order valence-corrected chi connectivity index (χ0v) is 25.2. The lowest BCUT2D eigenvalue weighted by Gasteiger charge is -2.43. The monoisotopic (exact) mass is 607 g/mol. The van der Waals surface area contributed by atoms with Gasteiger partial charge in [-0.2, -0.15) is 0 Å². The zero-order valence-electron chi connectivity index (χ0n) is 23.7. The number of rotatable bonds is 10. The smallest absolute Gasteiger partial charge is 0.245 e. The summed E-state index contributed by atoms with van der Waals surface area (Å²) in [5.74, 6) is -0.757. The molecule has 2 saturated heterocycles. The third-order valence-corrected chi connectivity index (χ3v) is 9.29. The summed E-state index contributed by atoms with van der Waals surface area (Å²) in [5.41, 5.74) is 0.00139. The lowest BCUT2D eigenvalue weighted by molar-refractivity contribution is -0.141. The molecule has 1 aromatic carbocycles. The number of carbonyl (C=O) groups excluding carboxylic acids is 3. The van der Waals surface area contributed by atoms with Crippen LogP contribution < -0.4 is 16.0 Å². The molecule has 2 fully saturated rings. The molecule has 8 nitrogen and oxygen atoms in total. The third kappa shape index (κ3) is 7.69. The normalized spacial score (nSPS) is 25.7. The highest BCUT2D eigenvalue weighted by atomic mass is 35.5. The molecule has 2 aliphatic heterocycles. The summed E-state index contributed by atoms with van der Waals surface area (Å²) < 4.78 is 13.5. The summed E-state index contributed by atoms with van der Waals surface area (Å²) >= 11 is 12.5. The first-order chi connectivity index (χ1) is 19.7. The highest BCUT2D eigenvalue weighted by molar-refractivity contribution is 6.40. The quantitative estimate of drug-likeness (QED) is 0.379. The van der Waals surface area contributed by atoms with Crippen LogP contribution in [-0.2, 0) is 20.8 Å². The van der Waals surface area contributed by atoms with Crippen molar-refractivity contribution in [3.05, 3.63) is 57.9 Å². The minimum Gasteiger partial charge on any atom is -0.358 e. The van der Waals surface area contributed by atoms with Gasteiger partial charge in [0.05, 0.1) is 16.5 Å². The van der Waals surface area contributed by atoms with Crippen LogP contribution in [0.4, 0.5) is 4.39 Å². The van der Waals surface area contributed by atoms with Crippen LogP contribution in [0.2, 0.25) is 0 Å². The van der Waals surface area contributed by atoms with E-state index >= 15 is 0 Å². The highest BCUT2D eigenvalue weighted by Crippen LogP contribution is 2.40. The second-order valence-corrected chi connectivity index (χ2v) is 12.0. The van der Waals surface area contributed by atoms with Crippen molar-refractivity contribution in [1.29, 1.82) is 0 Å². The Balaban J connectivity index is 1.43. The van der Waals surface area contributed by atoms with Gasteiger partial charge in [0.25, 0.3) is 0 Å². The summed E-state index contributed by atoms with van der Waals surface area (Å²) in [7, 11) is 1.62. The van der Waals surface area contributed by atoms with Gasteiger partial charge in [0.1, 0.15) is 11.9 Å². The highest BCUT2D eigenvalue weighted by Gasteiger charge is 2.40. The van der Waals surface area contributed by atoms with Crippen LogP contribution >= 0.6 is 23.2 Å². The molecule has 3 N–H and O–H groups in total. The van der Waals surface area contributed by atoms with Crippen molar-refractivity contribution in [3.63, 3.8) is 0 Å². The second-order valence-electron chi connectivity index (χ2n) is 11.2. The Morgan fingerprint density at radius 2 is 1.95 bits per heavy atom. The number of nitrogens with one attached hydrogen (secondary N) is 3. The standard InChI is InChI=1S/C30H40Cl2FN5O3/c1-3-22-19-37(14-12-30(29(41)34-2)11-10-23(31)24(32)18-30)15-16-38(22)28(40)26(17-20-6-8-21(33)9-7-20)36-27(39)25-5-4-13-35-25/h6-11,22,25-26,35H,3-5,12-19H2,1-2H3,(H,34,41)(H,36,39). The summed E-state index contributed by atoms with van der Waals surface area (Å²) in [6.07, 6.45) is 7.14. The van der Waals surface area contributed by atoms with E-state index in [9.17, 15) is 18.8 Å². The molecule has 3 aliphatic rings. The van der Waals surface area contributed by atoms with E-state index < -0.39 is 11.5 Å². The fraction of sp³-hybridized carbons (Fsp3) is 0.567. The first kappa shape index (κ1) is 31.5. The molecule has 0 radical (unpaired) electrons. The number of piperazine rings is 1. The fourth-order valence-electron chi connectivity index (χ4n) is 5.99. The predicted octanol–water partition coefficient (Wildman–Crippen LogP) is 3.30. The van der Waals surface area contributed by atoms with E-state index in [-0.39, 0.29) is 42.0 Å². The van der Waals surface area contributed by atoms with Crippen molar-refractivity contribution in [2.24, 2.45) is 5.41 Å². The van der Waals surface area contributed by atoms with E-state index in [0.717, 1.165) is 31.4 Å². The van der Waals surface area contributed by atoms with Crippen molar-refractivity contribution in [1.82, 2.24) is 25.8 Å². The van der Waals surface area contributed by atoms with Crippen LogP contribution in [0.5, 0.6) is 0 Å². The molecule has 11 heteroatoms. The van der Waals surface area contributed by atoms with Crippen molar-refractivity contribution < 1.29 is 18.8 Å². The largest absolute Gasteiger partial charge is 0.358 e. The van der Waals surface area contributed by atoms with Crippen LogP contribution in [0.1, 0.15) is 44.6 Å². The molecule has 224 valence electrons. The summed E-state index contributed by atoms with van der Waals surface area (Å²) in [6, 6.07) is 4.94. The molecular formula is C30H40Cl2FN5O3. The molecular weight excluding hydrogens is 568 g/mol. The molecule has 3 amide bonds. The first-order valence-electron chi connectivity index (χ1n) is 14.4. The van der Waals surface area contributed by atoms with Crippen LogP contribution in [0, 0.1) is 11.2 Å². The minimum absolute atomic E-state index is 0.0516. The van der Waals surface area contributed by atoms with E-state index in [2.05, 4.69) is 20.9 Å². The van der Waals surface area contributed by atoms with E-state index in [1.807, 2.05) is 17.9 Å². The van der Waals surface area contributed by atoms with Crippen molar-refractivity contribution in [2.45, 2.75) is 63.6 Å². The van der Waals surface area contributed by atoms with Gasteiger partial charge in [0.2, 0.25) is 17.7 Å².